The van der Waals surface area contributed by atoms with Gasteiger partial charge in [0.1, 0.15) is 17.3 Å². The lowest BCUT2D eigenvalue weighted by atomic mass is 10.2. The molecule has 0 bridgehead atoms. The number of carbonyl (C=O) groups excluding carboxylic acids is 1. The Morgan fingerprint density at radius 3 is 2.52 bits per heavy atom. The highest BCUT2D eigenvalue weighted by Gasteiger charge is 2.19. The van der Waals surface area contributed by atoms with Gasteiger partial charge in [-0.05, 0) is 39.3 Å². The number of nitrogens with one attached hydrogen (secondary N) is 1. The normalized spacial score (nSPS) is 11.8. The number of hydrogen-bond acceptors (Lipinski definition) is 4. The summed E-state index contributed by atoms with van der Waals surface area (Å²) in [6.45, 7) is 8.53. The van der Waals surface area contributed by atoms with Gasteiger partial charge in [0.15, 0.2) is 0 Å². The van der Waals surface area contributed by atoms with Crippen LogP contribution in [0.15, 0.2) is 36.4 Å². The summed E-state index contributed by atoms with van der Waals surface area (Å²) in [7, 11) is 0. The lowest BCUT2D eigenvalue weighted by molar-refractivity contribution is 0.0983. The Kier molecular flexibility index (Phi) is 5.68. The second-order valence-corrected chi connectivity index (χ2v) is 5.52. The van der Waals surface area contributed by atoms with Crippen molar-refractivity contribution in [2.24, 2.45) is 0 Å². The van der Waals surface area contributed by atoms with E-state index in [4.69, 9.17) is 0 Å². The van der Waals surface area contributed by atoms with Crippen molar-refractivity contribution in [1.29, 1.82) is 0 Å². The van der Waals surface area contributed by atoms with E-state index in [9.17, 15) is 4.79 Å². The summed E-state index contributed by atoms with van der Waals surface area (Å²) in [4.78, 5) is 23.2. The van der Waals surface area contributed by atoms with Gasteiger partial charge in [-0.1, -0.05) is 25.1 Å². The number of nitrogens with zero attached hydrogens (tertiary/aromatic N) is 3. The van der Waals surface area contributed by atoms with Gasteiger partial charge in [-0.25, -0.2) is 9.97 Å². The van der Waals surface area contributed by atoms with Crippen LogP contribution < -0.4 is 10.2 Å². The Morgan fingerprint density at radius 2 is 1.91 bits per heavy atom. The number of rotatable bonds is 6. The first-order valence-corrected chi connectivity index (χ1v) is 8.04. The van der Waals surface area contributed by atoms with Crippen molar-refractivity contribution in [2.45, 2.75) is 40.2 Å². The van der Waals surface area contributed by atoms with Crippen LogP contribution in [0.25, 0.3) is 0 Å². The van der Waals surface area contributed by atoms with Gasteiger partial charge in [-0.2, -0.15) is 0 Å². The fourth-order valence-electron chi connectivity index (χ4n) is 2.30. The van der Waals surface area contributed by atoms with Gasteiger partial charge in [0.2, 0.25) is 0 Å². The quantitative estimate of drug-likeness (QED) is 0.884. The summed E-state index contributed by atoms with van der Waals surface area (Å²) >= 11 is 0. The molecule has 0 aliphatic carbocycles. The summed E-state index contributed by atoms with van der Waals surface area (Å²) in [6, 6.07) is 11.7. The Balaban J connectivity index is 2.30. The average Bonchev–Trinajstić information content (AvgIpc) is 2.55. The highest BCUT2D eigenvalue weighted by molar-refractivity contribution is 6.05. The van der Waals surface area contributed by atoms with Crippen LogP contribution >= 0.6 is 0 Å². The van der Waals surface area contributed by atoms with Crippen molar-refractivity contribution in [1.82, 2.24) is 9.97 Å². The standard InChI is InChI=1S/C18H24N4O/c1-5-13(3)19-17-12-16(20-14(4)21-17)18(23)22(6-2)15-10-8-7-9-11-15/h7-13H,5-6H2,1-4H3,(H,19,20,21). The third-order valence-electron chi connectivity index (χ3n) is 3.69. The maximum Gasteiger partial charge on any atom is 0.277 e. The molecule has 5 nitrogen and oxygen atoms in total. The molecule has 1 aromatic carbocycles. The van der Waals surface area contributed by atoms with Crippen molar-refractivity contribution in [3.8, 4) is 0 Å². The van der Waals surface area contributed by atoms with Gasteiger partial charge in [0, 0.05) is 24.3 Å². The Morgan fingerprint density at radius 1 is 1.22 bits per heavy atom. The van der Waals surface area contributed by atoms with Crippen molar-refractivity contribution in [3.05, 3.63) is 47.9 Å². The van der Waals surface area contributed by atoms with E-state index in [1.54, 1.807) is 17.9 Å². The van der Waals surface area contributed by atoms with Crippen LogP contribution in [0.4, 0.5) is 11.5 Å². The summed E-state index contributed by atoms with van der Waals surface area (Å²) in [6.07, 6.45) is 0.984. The predicted octanol–water partition coefficient (Wildman–Crippen LogP) is 3.66. The molecule has 1 atom stereocenters. The number of amides is 1. The lowest BCUT2D eigenvalue weighted by Crippen LogP contribution is -2.31. The average molecular weight is 312 g/mol. The summed E-state index contributed by atoms with van der Waals surface area (Å²) in [5.74, 6) is 1.17. The molecule has 0 fully saturated rings. The lowest BCUT2D eigenvalue weighted by Gasteiger charge is -2.21. The topological polar surface area (TPSA) is 58.1 Å². The fraction of sp³-hybridized carbons (Fsp3) is 0.389. The van der Waals surface area contributed by atoms with Gasteiger partial charge in [-0.3, -0.25) is 4.79 Å². The van der Waals surface area contributed by atoms with Gasteiger partial charge in [0.25, 0.3) is 5.91 Å². The van der Waals surface area contributed by atoms with Crippen LogP contribution in [0, 0.1) is 6.92 Å². The first-order chi connectivity index (χ1) is 11.0. The van der Waals surface area contributed by atoms with Gasteiger partial charge < -0.3 is 10.2 Å². The minimum absolute atomic E-state index is 0.114. The number of para-hydroxylation sites is 1. The molecule has 0 spiro atoms. The molecular formula is C18H24N4O. The number of carbonyl (C=O) groups is 1. The Hall–Kier alpha value is -2.43. The first-order valence-electron chi connectivity index (χ1n) is 8.04. The fourth-order valence-corrected chi connectivity index (χ4v) is 2.30. The van der Waals surface area contributed by atoms with Crippen molar-refractivity contribution < 1.29 is 4.79 Å². The van der Waals surface area contributed by atoms with Gasteiger partial charge in [-0.15, -0.1) is 0 Å². The molecule has 0 radical (unpaired) electrons. The maximum atomic E-state index is 12.8. The molecule has 0 saturated carbocycles. The zero-order valence-corrected chi connectivity index (χ0v) is 14.2. The molecule has 0 aliphatic rings. The molecule has 0 aliphatic heterocycles. The van der Waals surface area contributed by atoms with Crippen molar-refractivity contribution in [3.63, 3.8) is 0 Å². The molecule has 1 unspecified atom stereocenters. The van der Waals surface area contributed by atoms with E-state index in [0.717, 1.165) is 12.1 Å². The smallest absolute Gasteiger partial charge is 0.277 e. The van der Waals surface area contributed by atoms with Crippen molar-refractivity contribution in [2.75, 3.05) is 16.8 Å². The van der Waals surface area contributed by atoms with Crippen molar-refractivity contribution >= 4 is 17.4 Å². The molecule has 2 aromatic rings. The second kappa shape index (κ2) is 7.72. The maximum absolute atomic E-state index is 12.8. The Bertz CT molecular complexity index is 657. The predicted molar refractivity (Wildman–Crippen MR) is 93.9 cm³/mol. The van der Waals surface area contributed by atoms with E-state index < -0.39 is 0 Å². The highest BCUT2D eigenvalue weighted by atomic mass is 16.2. The molecular weight excluding hydrogens is 288 g/mol. The second-order valence-electron chi connectivity index (χ2n) is 5.52. The van der Waals surface area contributed by atoms with E-state index in [0.29, 0.717) is 29.9 Å². The zero-order chi connectivity index (χ0) is 16.8. The van der Waals surface area contributed by atoms with Crippen LogP contribution in [0.2, 0.25) is 0 Å². The third-order valence-corrected chi connectivity index (χ3v) is 3.69. The molecule has 1 N–H and O–H groups in total. The van der Waals surface area contributed by atoms with Crippen LogP contribution in [0.3, 0.4) is 0 Å². The van der Waals surface area contributed by atoms with Crippen LogP contribution in [0.5, 0.6) is 0 Å². The van der Waals surface area contributed by atoms with E-state index in [-0.39, 0.29) is 5.91 Å². The van der Waals surface area contributed by atoms with Gasteiger partial charge >= 0.3 is 0 Å². The minimum Gasteiger partial charge on any atom is -0.368 e. The number of hydrogen-bond donors (Lipinski definition) is 1. The molecule has 2 rings (SSSR count). The molecule has 122 valence electrons. The summed E-state index contributed by atoms with van der Waals surface area (Å²) in [5, 5.41) is 3.30. The van der Waals surface area contributed by atoms with E-state index in [2.05, 4.69) is 29.1 Å². The third kappa shape index (κ3) is 4.28. The number of aryl methyl sites for hydroxylation is 1. The SMILES string of the molecule is CCC(C)Nc1cc(C(=O)N(CC)c2ccccc2)nc(C)n1. The molecule has 1 heterocycles. The monoisotopic (exact) mass is 312 g/mol. The number of aromatic nitrogens is 2. The summed E-state index contributed by atoms with van der Waals surface area (Å²) < 4.78 is 0. The minimum atomic E-state index is -0.114. The zero-order valence-electron chi connectivity index (χ0n) is 14.2. The van der Waals surface area contributed by atoms with E-state index in [1.807, 2.05) is 37.3 Å². The summed E-state index contributed by atoms with van der Waals surface area (Å²) in [5.41, 5.74) is 1.28. The van der Waals surface area contributed by atoms with E-state index in [1.165, 1.54) is 0 Å². The molecule has 0 saturated heterocycles. The molecule has 23 heavy (non-hydrogen) atoms. The van der Waals surface area contributed by atoms with Crippen LogP contribution in [-0.4, -0.2) is 28.5 Å². The number of benzene rings is 1. The molecule has 1 amide bonds. The highest BCUT2D eigenvalue weighted by Crippen LogP contribution is 2.17. The first kappa shape index (κ1) is 16.9. The largest absolute Gasteiger partial charge is 0.368 e. The van der Waals surface area contributed by atoms with Crippen LogP contribution in [0.1, 0.15) is 43.5 Å². The molecule has 5 heteroatoms. The number of anilines is 2. The van der Waals surface area contributed by atoms with Crippen LogP contribution in [-0.2, 0) is 0 Å². The van der Waals surface area contributed by atoms with Gasteiger partial charge in [0.05, 0.1) is 0 Å². The van der Waals surface area contributed by atoms with E-state index >= 15 is 0 Å². The Labute approximate surface area is 137 Å². The molecule has 1 aromatic heterocycles.